The first-order valence-electron chi connectivity index (χ1n) is 9.98. The molecular formula is C25H23N2O3. The van der Waals surface area contributed by atoms with Gasteiger partial charge in [-0.3, -0.25) is 4.79 Å². The Kier molecular flexibility index (Phi) is 7.57. The smallest absolute Gasteiger partial charge is 0.335 e. The number of hydrogen-bond donors (Lipinski definition) is 1. The Morgan fingerprint density at radius 3 is 2.33 bits per heavy atom. The number of nitriles is 1. The summed E-state index contributed by atoms with van der Waals surface area (Å²) in [6, 6.07) is 24.8. The quantitative estimate of drug-likeness (QED) is 0.421. The molecule has 0 fully saturated rings. The van der Waals surface area contributed by atoms with Crippen LogP contribution in [0.2, 0.25) is 0 Å². The number of benzene rings is 3. The van der Waals surface area contributed by atoms with Crippen LogP contribution in [0.4, 0.5) is 0 Å². The largest absolute Gasteiger partial charge is 0.362 e. The molecule has 0 aliphatic carbocycles. The van der Waals surface area contributed by atoms with Gasteiger partial charge in [0.15, 0.2) is 0 Å². The molecule has 5 nitrogen and oxygen atoms in total. The highest BCUT2D eigenvalue weighted by molar-refractivity contribution is 5.90. The van der Waals surface area contributed by atoms with Gasteiger partial charge in [0.05, 0.1) is 11.6 Å². The van der Waals surface area contributed by atoms with Crippen LogP contribution in [-0.2, 0) is 9.63 Å². The Bertz CT molecular complexity index is 1040. The minimum atomic E-state index is -0.590. The van der Waals surface area contributed by atoms with E-state index in [1.54, 1.807) is 30.3 Å². The number of amides is 1. The molecule has 0 saturated carbocycles. The van der Waals surface area contributed by atoms with Gasteiger partial charge < -0.3 is 4.84 Å². The van der Waals surface area contributed by atoms with Crippen molar-refractivity contribution in [3.63, 3.8) is 0 Å². The Morgan fingerprint density at radius 2 is 1.53 bits per heavy atom. The van der Waals surface area contributed by atoms with E-state index >= 15 is 0 Å². The molecule has 3 aromatic carbocycles. The van der Waals surface area contributed by atoms with E-state index < -0.39 is 5.97 Å². The Hall–Kier alpha value is -3.65. The normalized spacial score (nSPS) is 10.5. The van der Waals surface area contributed by atoms with Gasteiger partial charge in [0.1, 0.15) is 5.92 Å². The van der Waals surface area contributed by atoms with E-state index in [0.29, 0.717) is 18.4 Å². The number of hydroxylamine groups is 1. The van der Waals surface area contributed by atoms with Crippen molar-refractivity contribution in [3.8, 4) is 6.07 Å². The third kappa shape index (κ3) is 5.68. The summed E-state index contributed by atoms with van der Waals surface area (Å²) >= 11 is 0. The molecule has 151 valence electrons. The van der Waals surface area contributed by atoms with Crippen LogP contribution in [0.1, 0.15) is 48.0 Å². The van der Waals surface area contributed by atoms with Gasteiger partial charge in [-0.05, 0) is 41.3 Å². The maximum absolute atomic E-state index is 11.9. The summed E-state index contributed by atoms with van der Waals surface area (Å²) in [5, 5.41) is 11.8. The summed E-state index contributed by atoms with van der Waals surface area (Å²) in [4.78, 5) is 28.5. The molecule has 1 amide bonds. The highest BCUT2D eigenvalue weighted by Gasteiger charge is 2.15. The van der Waals surface area contributed by atoms with Crippen molar-refractivity contribution in [2.75, 3.05) is 0 Å². The fraction of sp³-hybridized carbons (Fsp3) is 0.200. The molecule has 1 radical (unpaired) electrons. The van der Waals surface area contributed by atoms with E-state index in [0.717, 1.165) is 35.1 Å². The van der Waals surface area contributed by atoms with Gasteiger partial charge in [0.25, 0.3) is 5.91 Å². The molecule has 0 saturated heterocycles. The summed E-state index contributed by atoms with van der Waals surface area (Å²) in [7, 11) is 0. The highest BCUT2D eigenvalue weighted by Crippen LogP contribution is 2.28. The Morgan fingerprint density at radius 1 is 0.833 bits per heavy atom. The van der Waals surface area contributed by atoms with Crippen LogP contribution in [0.5, 0.6) is 0 Å². The molecule has 0 spiro atoms. The maximum Gasteiger partial charge on any atom is 0.362 e. The molecule has 30 heavy (non-hydrogen) atoms. The number of fused-ring (bicyclic) bond motifs is 1. The SMILES string of the molecule is N#C[C](CCCCCC(=O)NOC(=O)c1ccccc1)c1cccc2ccccc12. The van der Waals surface area contributed by atoms with Crippen molar-refractivity contribution in [1.29, 1.82) is 5.26 Å². The lowest BCUT2D eigenvalue weighted by molar-refractivity contribution is -0.130. The van der Waals surface area contributed by atoms with E-state index in [2.05, 4.69) is 11.5 Å². The summed E-state index contributed by atoms with van der Waals surface area (Å²) in [6.45, 7) is 0. The Labute approximate surface area is 176 Å². The van der Waals surface area contributed by atoms with E-state index in [9.17, 15) is 14.9 Å². The van der Waals surface area contributed by atoms with E-state index in [1.807, 2.05) is 42.5 Å². The van der Waals surface area contributed by atoms with Crippen molar-refractivity contribution >= 4 is 22.6 Å². The van der Waals surface area contributed by atoms with Crippen LogP contribution in [0.3, 0.4) is 0 Å². The van der Waals surface area contributed by atoms with E-state index in [4.69, 9.17) is 4.84 Å². The van der Waals surface area contributed by atoms with Gasteiger partial charge in [-0.25, -0.2) is 4.79 Å². The number of rotatable bonds is 8. The zero-order chi connectivity index (χ0) is 21.2. The first-order chi connectivity index (χ1) is 14.7. The molecule has 0 aliphatic heterocycles. The molecule has 0 unspecified atom stereocenters. The van der Waals surface area contributed by atoms with Gasteiger partial charge in [-0.1, -0.05) is 73.5 Å². The monoisotopic (exact) mass is 399 g/mol. The van der Waals surface area contributed by atoms with Crippen molar-refractivity contribution in [1.82, 2.24) is 5.48 Å². The molecule has 0 aliphatic rings. The van der Waals surface area contributed by atoms with Gasteiger partial charge in [0.2, 0.25) is 0 Å². The van der Waals surface area contributed by atoms with Crippen molar-refractivity contribution in [3.05, 3.63) is 89.8 Å². The fourth-order valence-electron chi connectivity index (χ4n) is 3.29. The second-order valence-electron chi connectivity index (χ2n) is 6.96. The average Bonchev–Trinajstić information content (AvgIpc) is 2.80. The summed E-state index contributed by atoms with van der Waals surface area (Å²) in [5.74, 6) is -0.168. The lowest BCUT2D eigenvalue weighted by atomic mass is 9.90. The summed E-state index contributed by atoms with van der Waals surface area (Å²) < 4.78 is 0. The predicted molar refractivity (Wildman–Crippen MR) is 115 cm³/mol. The third-order valence-electron chi connectivity index (χ3n) is 4.85. The molecule has 0 atom stereocenters. The molecule has 1 N–H and O–H groups in total. The average molecular weight is 399 g/mol. The van der Waals surface area contributed by atoms with E-state index in [-0.39, 0.29) is 12.3 Å². The number of hydrogen-bond acceptors (Lipinski definition) is 4. The van der Waals surface area contributed by atoms with Gasteiger partial charge >= 0.3 is 5.97 Å². The summed E-state index contributed by atoms with van der Waals surface area (Å²) in [5.41, 5.74) is 3.55. The van der Waals surface area contributed by atoms with Crippen molar-refractivity contribution < 1.29 is 14.4 Å². The highest BCUT2D eigenvalue weighted by atomic mass is 16.7. The van der Waals surface area contributed by atoms with Crippen LogP contribution < -0.4 is 5.48 Å². The number of carbonyl (C=O) groups excluding carboxylic acids is 2. The number of nitrogens with zero attached hydrogens (tertiary/aromatic N) is 1. The molecule has 3 rings (SSSR count). The standard InChI is InChI=1S/C25H23N2O3/c26-18-21(23-16-9-14-19-10-7-8-15-22(19)23)13-5-2-6-17-24(28)27-30-25(29)20-11-3-1-4-12-20/h1,3-4,7-12,14-16H,2,5-6,13,17H2,(H,27,28). The van der Waals surface area contributed by atoms with Crippen molar-refractivity contribution in [2.24, 2.45) is 0 Å². The molecule has 0 aromatic heterocycles. The van der Waals surface area contributed by atoms with Crippen LogP contribution in [0.25, 0.3) is 10.8 Å². The zero-order valence-corrected chi connectivity index (χ0v) is 16.6. The third-order valence-corrected chi connectivity index (χ3v) is 4.85. The maximum atomic E-state index is 11.9. The van der Waals surface area contributed by atoms with Crippen LogP contribution in [0, 0.1) is 17.2 Å². The van der Waals surface area contributed by atoms with Gasteiger partial charge in [-0.15, -0.1) is 0 Å². The lowest BCUT2D eigenvalue weighted by Gasteiger charge is -2.11. The molecular weight excluding hydrogens is 376 g/mol. The van der Waals surface area contributed by atoms with Crippen LogP contribution in [-0.4, -0.2) is 11.9 Å². The molecule has 3 aromatic rings. The molecule has 0 heterocycles. The second kappa shape index (κ2) is 10.8. The van der Waals surface area contributed by atoms with Crippen LogP contribution >= 0.6 is 0 Å². The Balaban J connectivity index is 1.39. The molecule has 0 bridgehead atoms. The minimum absolute atomic E-state index is 0.262. The fourth-order valence-corrected chi connectivity index (χ4v) is 3.29. The first kappa shape index (κ1) is 21.1. The second-order valence-corrected chi connectivity index (χ2v) is 6.96. The number of unbranched alkanes of at least 4 members (excludes halogenated alkanes) is 2. The lowest BCUT2D eigenvalue weighted by Crippen LogP contribution is -2.26. The number of carbonyl (C=O) groups is 2. The van der Waals surface area contributed by atoms with Crippen LogP contribution in [0.15, 0.2) is 72.8 Å². The van der Waals surface area contributed by atoms with Gasteiger partial charge in [0, 0.05) is 6.42 Å². The van der Waals surface area contributed by atoms with Crippen molar-refractivity contribution in [2.45, 2.75) is 32.1 Å². The topological polar surface area (TPSA) is 79.2 Å². The van der Waals surface area contributed by atoms with E-state index in [1.165, 1.54) is 0 Å². The van der Waals surface area contributed by atoms with Gasteiger partial charge in [-0.2, -0.15) is 10.7 Å². The minimum Gasteiger partial charge on any atom is -0.335 e. The number of nitrogens with one attached hydrogen (secondary N) is 1. The molecule has 5 heteroatoms. The summed E-state index contributed by atoms with van der Waals surface area (Å²) in [6.07, 6.45) is 3.19. The first-order valence-corrected chi connectivity index (χ1v) is 9.98. The zero-order valence-electron chi connectivity index (χ0n) is 16.6. The predicted octanol–water partition coefficient (Wildman–Crippen LogP) is 5.12.